The Morgan fingerprint density at radius 1 is 0.970 bits per heavy atom. The van der Waals surface area contributed by atoms with E-state index in [1.807, 2.05) is 12.1 Å². The highest BCUT2D eigenvalue weighted by Crippen LogP contribution is 2.50. The first-order valence-corrected chi connectivity index (χ1v) is 11.7. The quantitative estimate of drug-likeness (QED) is 0.493. The molecule has 0 unspecified atom stereocenters. The molecule has 0 aliphatic carbocycles. The van der Waals surface area contributed by atoms with Crippen molar-refractivity contribution in [2.24, 2.45) is 0 Å². The van der Waals surface area contributed by atoms with Gasteiger partial charge in [0.2, 0.25) is 0 Å². The summed E-state index contributed by atoms with van der Waals surface area (Å²) in [6.07, 6.45) is -4.48. The van der Waals surface area contributed by atoms with Gasteiger partial charge in [-0.3, -0.25) is 0 Å². The summed E-state index contributed by atoms with van der Waals surface area (Å²) in [6, 6.07) is 8.96. The van der Waals surface area contributed by atoms with E-state index in [0.29, 0.717) is 32.0 Å². The molecule has 4 rings (SSSR count). The number of nitrogens with one attached hydrogen (secondary N) is 2. The van der Waals surface area contributed by atoms with Gasteiger partial charge < -0.3 is 29.9 Å². The molecule has 0 amide bonds. The molecule has 2 aliphatic rings. The standard InChI is InChI=1S/C23H29F3N4O2S/c1-31-11-9-30(10-12-32-2)20-15-22-19(14-17(20)23(24,25)26)28-18-4-3-16(13-21(18)33-22)29-7-5-27-6-8-29/h3-4,13-15,27-28H,5-12H2,1-2H3. The maximum Gasteiger partial charge on any atom is 0.418 e. The van der Waals surface area contributed by atoms with E-state index in [0.717, 1.165) is 47.3 Å². The Labute approximate surface area is 196 Å². The number of hydrogen-bond acceptors (Lipinski definition) is 7. The van der Waals surface area contributed by atoms with Crippen LogP contribution < -0.4 is 20.4 Å². The molecule has 2 aromatic rings. The predicted molar refractivity (Wildman–Crippen MR) is 126 cm³/mol. The summed E-state index contributed by atoms with van der Waals surface area (Å²) in [5.41, 5.74) is 1.90. The molecule has 0 saturated carbocycles. The second-order valence-corrected chi connectivity index (χ2v) is 9.06. The number of methoxy groups -OCH3 is 2. The third-order valence-electron chi connectivity index (χ3n) is 5.81. The lowest BCUT2D eigenvalue weighted by Crippen LogP contribution is -2.43. The van der Waals surface area contributed by atoms with Gasteiger partial charge >= 0.3 is 6.18 Å². The number of anilines is 4. The number of ether oxygens (including phenoxy) is 2. The molecule has 10 heteroatoms. The lowest BCUT2D eigenvalue weighted by Gasteiger charge is -2.32. The molecule has 180 valence electrons. The third-order valence-corrected chi connectivity index (χ3v) is 6.93. The molecule has 1 saturated heterocycles. The first-order valence-electron chi connectivity index (χ1n) is 10.9. The van der Waals surface area contributed by atoms with Gasteiger partial charge in [-0.05, 0) is 30.3 Å². The van der Waals surface area contributed by atoms with E-state index in [-0.39, 0.29) is 5.69 Å². The van der Waals surface area contributed by atoms with Crippen molar-refractivity contribution >= 4 is 34.5 Å². The van der Waals surface area contributed by atoms with Gasteiger partial charge in [-0.1, -0.05) is 11.8 Å². The van der Waals surface area contributed by atoms with Crippen molar-refractivity contribution in [1.82, 2.24) is 5.32 Å². The summed E-state index contributed by atoms with van der Waals surface area (Å²) in [5.74, 6) is 0. The Hall–Kier alpha value is -2.14. The molecular formula is C23H29F3N4O2S. The number of halogens is 3. The van der Waals surface area contributed by atoms with Gasteiger partial charge in [-0.15, -0.1) is 0 Å². The van der Waals surface area contributed by atoms with Gasteiger partial charge in [0.05, 0.1) is 35.8 Å². The van der Waals surface area contributed by atoms with Crippen LogP contribution in [-0.4, -0.2) is 66.7 Å². The van der Waals surface area contributed by atoms with Crippen LogP contribution in [0.1, 0.15) is 5.56 Å². The fourth-order valence-corrected chi connectivity index (χ4v) is 5.11. The zero-order valence-electron chi connectivity index (χ0n) is 18.8. The van der Waals surface area contributed by atoms with Crippen molar-refractivity contribution in [2.45, 2.75) is 16.0 Å². The van der Waals surface area contributed by atoms with Crippen LogP contribution >= 0.6 is 11.8 Å². The number of fused-ring (bicyclic) bond motifs is 2. The van der Waals surface area contributed by atoms with Gasteiger partial charge in [0.25, 0.3) is 0 Å². The summed E-state index contributed by atoms with van der Waals surface area (Å²) in [6.45, 7) is 5.05. The molecule has 0 spiro atoms. The van der Waals surface area contributed by atoms with Gasteiger partial charge in [-0.25, -0.2) is 0 Å². The van der Waals surface area contributed by atoms with Crippen molar-refractivity contribution in [2.75, 3.05) is 81.8 Å². The van der Waals surface area contributed by atoms with Gasteiger partial charge in [0.15, 0.2) is 0 Å². The van der Waals surface area contributed by atoms with E-state index in [2.05, 4.69) is 21.6 Å². The summed E-state index contributed by atoms with van der Waals surface area (Å²) in [7, 11) is 3.08. The number of piperazine rings is 1. The lowest BCUT2D eigenvalue weighted by molar-refractivity contribution is -0.137. The van der Waals surface area contributed by atoms with Crippen LogP contribution in [0.3, 0.4) is 0 Å². The van der Waals surface area contributed by atoms with Crippen molar-refractivity contribution in [1.29, 1.82) is 0 Å². The Kier molecular flexibility index (Phi) is 7.58. The highest BCUT2D eigenvalue weighted by molar-refractivity contribution is 7.99. The number of nitrogens with zero attached hydrogens (tertiary/aromatic N) is 2. The highest BCUT2D eigenvalue weighted by Gasteiger charge is 2.37. The average Bonchev–Trinajstić information content (AvgIpc) is 2.81. The Morgan fingerprint density at radius 3 is 2.27 bits per heavy atom. The molecule has 2 aliphatic heterocycles. The summed E-state index contributed by atoms with van der Waals surface area (Å²) >= 11 is 1.50. The molecule has 0 atom stereocenters. The van der Waals surface area contributed by atoms with Gasteiger partial charge in [0, 0.05) is 69.0 Å². The maximum absolute atomic E-state index is 14.0. The minimum atomic E-state index is -4.48. The van der Waals surface area contributed by atoms with Crippen LogP contribution in [0.4, 0.5) is 35.9 Å². The summed E-state index contributed by atoms with van der Waals surface area (Å²) < 4.78 is 52.4. The van der Waals surface area contributed by atoms with Crippen LogP contribution in [-0.2, 0) is 15.7 Å². The second kappa shape index (κ2) is 10.4. The Balaban J connectivity index is 1.68. The Bertz CT molecular complexity index is 959. The first-order chi connectivity index (χ1) is 15.9. The van der Waals surface area contributed by atoms with Crippen molar-refractivity contribution in [3.63, 3.8) is 0 Å². The molecule has 2 N–H and O–H groups in total. The molecule has 0 aromatic heterocycles. The van der Waals surface area contributed by atoms with Crippen LogP contribution in [0, 0.1) is 0 Å². The molecule has 1 fully saturated rings. The smallest absolute Gasteiger partial charge is 0.383 e. The molecule has 6 nitrogen and oxygen atoms in total. The van der Waals surface area contributed by atoms with Crippen LogP contribution in [0.2, 0.25) is 0 Å². The molecule has 2 heterocycles. The topological polar surface area (TPSA) is 49.0 Å². The Morgan fingerprint density at radius 2 is 1.64 bits per heavy atom. The van der Waals surface area contributed by atoms with Crippen LogP contribution in [0.15, 0.2) is 40.1 Å². The third kappa shape index (κ3) is 5.51. The molecule has 0 bridgehead atoms. The largest absolute Gasteiger partial charge is 0.418 e. The zero-order valence-corrected chi connectivity index (χ0v) is 19.6. The molecule has 33 heavy (non-hydrogen) atoms. The van der Waals surface area contributed by atoms with E-state index in [1.165, 1.54) is 17.8 Å². The van der Waals surface area contributed by atoms with Crippen molar-refractivity contribution < 1.29 is 22.6 Å². The maximum atomic E-state index is 14.0. The minimum absolute atomic E-state index is 0.145. The predicted octanol–water partition coefficient (Wildman–Crippen LogP) is 4.42. The second-order valence-electron chi connectivity index (χ2n) is 7.98. The molecular weight excluding hydrogens is 453 g/mol. The summed E-state index contributed by atoms with van der Waals surface area (Å²) in [5, 5.41) is 6.57. The average molecular weight is 483 g/mol. The molecule has 2 aromatic carbocycles. The number of alkyl halides is 3. The fraction of sp³-hybridized carbons (Fsp3) is 0.478. The van der Waals surface area contributed by atoms with E-state index in [4.69, 9.17) is 9.47 Å². The monoisotopic (exact) mass is 482 g/mol. The number of rotatable bonds is 8. The van der Waals surface area contributed by atoms with E-state index in [9.17, 15) is 13.2 Å². The highest BCUT2D eigenvalue weighted by atomic mass is 32.2. The zero-order chi connectivity index (χ0) is 23.4. The van der Waals surface area contributed by atoms with E-state index >= 15 is 0 Å². The number of hydrogen-bond donors (Lipinski definition) is 2. The van der Waals surface area contributed by atoms with Crippen molar-refractivity contribution in [3.8, 4) is 0 Å². The van der Waals surface area contributed by atoms with Crippen LogP contribution in [0.5, 0.6) is 0 Å². The first kappa shape index (κ1) is 24.0. The lowest BCUT2D eigenvalue weighted by atomic mass is 10.1. The number of benzene rings is 2. The van der Waals surface area contributed by atoms with E-state index < -0.39 is 11.7 Å². The van der Waals surface area contributed by atoms with Gasteiger partial charge in [0.1, 0.15) is 0 Å². The van der Waals surface area contributed by atoms with E-state index in [1.54, 1.807) is 25.2 Å². The minimum Gasteiger partial charge on any atom is -0.383 e. The van der Waals surface area contributed by atoms with Crippen LogP contribution in [0.25, 0.3) is 0 Å². The summed E-state index contributed by atoms with van der Waals surface area (Å²) in [4.78, 5) is 5.78. The van der Waals surface area contributed by atoms with Gasteiger partial charge in [-0.2, -0.15) is 13.2 Å². The SMILES string of the molecule is COCCN(CCOC)c1cc2c(cc1C(F)(F)F)Nc1ccc(N3CCNCC3)cc1S2. The fourth-order valence-electron chi connectivity index (χ4n) is 4.08. The van der Waals surface area contributed by atoms with Crippen molar-refractivity contribution in [3.05, 3.63) is 35.9 Å². The molecule has 0 radical (unpaired) electrons. The normalized spacial score (nSPS) is 15.6.